The summed E-state index contributed by atoms with van der Waals surface area (Å²) in [4.78, 5) is 5.16. The maximum Gasteiger partial charge on any atom is 0.264 e. The molecule has 2 aliphatic heterocycles. The molecule has 9 rings (SSSR count). The Morgan fingerprint density at radius 2 is 1.11 bits per heavy atom. The first-order valence-electron chi connectivity index (χ1n) is 19.6. The first-order chi connectivity index (χ1) is 24.9. The highest BCUT2D eigenvalue weighted by Crippen LogP contribution is 2.52. The number of fused-ring (bicyclic) bond motifs is 7. The number of para-hydroxylation sites is 1. The van der Waals surface area contributed by atoms with Gasteiger partial charge >= 0.3 is 0 Å². The van der Waals surface area contributed by atoms with Crippen LogP contribution in [0.15, 0.2) is 97.1 Å². The number of aryl methyl sites for hydroxylation is 1. The third-order valence-corrected chi connectivity index (χ3v) is 13.9. The highest BCUT2D eigenvalue weighted by Gasteiger charge is 2.46. The van der Waals surface area contributed by atoms with E-state index in [0.717, 1.165) is 0 Å². The van der Waals surface area contributed by atoms with Gasteiger partial charge in [-0.15, -0.1) is 11.3 Å². The second-order valence-corrected chi connectivity index (χ2v) is 20.5. The molecule has 53 heavy (non-hydrogen) atoms. The third-order valence-electron chi connectivity index (χ3n) is 12.7. The Balaban J connectivity index is 1.36. The lowest BCUT2D eigenvalue weighted by atomic mass is 9.36. The molecule has 268 valence electrons. The standard InChI is InChI=1S/C49H53BN2S/c1-30-26-40-43-41(27-30)52(34-22-18-32(19-23-34)47(5,6)7)44-35-28-36-37(49(10,11)25-24-48(36,8)9)29-42(35)53-45(44)50(43)38-14-12-13-15-39(38)51(40)33-20-16-31(17-21-33)46(2,3)4/h12-23,26-29H,24-25H2,1-11H3. The van der Waals surface area contributed by atoms with Crippen LogP contribution in [-0.2, 0) is 21.7 Å². The van der Waals surface area contributed by atoms with E-state index in [2.05, 4.69) is 183 Å². The van der Waals surface area contributed by atoms with Crippen LogP contribution in [-0.4, -0.2) is 6.71 Å². The summed E-state index contributed by atoms with van der Waals surface area (Å²) in [5.74, 6) is 0. The fourth-order valence-electron chi connectivity index (χ4n) is 9.40. The number of thiophene rings is 1. The van der Waals surface area contributed by atoms with Crippen LogP contribution in [0.4, 0.5) is 34.1 Å². The van der Waals surface area contributed by atoms with E-state index < -0.39 is 0 Å². The normalized spacial score (nSPS) is 17.0. The van der Waals surface area contributed by atoms with Gasteiger partial charge in [0.1, 0.15) is 0 Å². The number of nitrogens with zero attached hydrogens (tertiary/aromatic N) is 2. The van der Waals surface area contributed by atoms with Crippen LogP contribution < -0.4 is 25.5 Å². The summed E-state index contributed by atoms with van der Waals surface area (Å²) in [6, 6.07) is 38.0. The Bertz CT molecular complexity index is 2430. The molecule has 1 aliphatic carbocycles. The van der Waals surface area contributed by atoms with Gasteiger partial charge in [0.15, 0.2) is 0 Å². The van der Waals surface area contributed by atoms with Crippen molar-refractivity contribution >= 4 is 78.0 Å². The number of anilines is 6. The van der Waals surface area contributed by atoms with E-state index in [0.29, 0.717) is 0 Å². The second-order valence-electron chi connectivity index (χ2n) is 19.4. The van der Waals surface area contributed by atoms with Crippen LogP contribution in [0.2, 0.25) is 0 Å². The number of hydrogen-bond donors (Lipinski definition) is 0. The van der Waals surface area contributed by atoms with Crippen molar-refractivity contribution in [2.24, 2.45) is 0 Å². The summed E-state index contributed by atoms with van der Waals surface area (Å²) in [6.45, 7) is 26.0. The fourth-order valence-corrected chi connectivity index (χ4v) is 10.7. The molecule has 1 aromatic heterocycles. The molecule has 3 heterocycles. The molecule has 3 aliphatic rings. The van der Waals surface area contributed by atoms with Crippen molar-refractivity contribution in [1.82, 2.24) is 0 Å². The van der Waals surface area contributed by atoms with Gasteiger partial charge in [0.05, 0.1) is 5.69 Å². The van der Waals surface area contributed by atoms with Crippen LogP contribution in [0.1, 0.15) is 110 Å². The quantitative estimate of drug-likeness (QED) is 0.165. The predicted octanol–water partition coefficient (Wildman–Crippen LogP) is 12.2. The minimum absolute atomic E-state index is 0.0818. The Labute approximate surface area is 322 Å². The highest BCUT2D eigenvalue weighted by atomic mass is 32.1. The maximum absolute atomic E-state index is 2.63. The van der Waals surface area contributed by atoms with Crippen molar-refractivity contribution in [2.45, 2.75) is 111 Å². The first-order valence-corrected chi connectivity index (χ1v) is 20.4. The lowest BCUT2D eigenvalue weighted by Gasteiger charge is -2.44. The zero-order chi connectivity index (χ0) is 37.4. The Morgan fingerprint density at radius 3 is 1.68 bits per heavy atom. The molecule has 0 saturated carbocycles. The lowest BCUT2D eigenvalue weighted by Crippen LogP contribution is -2.60. The van der Waals surface area contributed by atoms with Gasteiger partial charge in [-0.3, -0.25) is 0 Å². The van der Waals surface area contributed by atoms with Crippen LogP contribution in [0, 0.1) is 6.92 Å². The molecule has 0 amide bonds. The number of rotatable bonds is 2. The van der Waals surface area contributed by atoms with Crippen molar-refractivity contribution in [3.63, 3.8) is 0 Å². The van der Waals surface area contributed by atoms with Crippen LogP contribution in [0.5, 0.6) is 0 Å². The minimum Gasteiger partial charge on any atom is -0.311 e. The molecule has 0 saturated heterocycles. The van der Waals surface area contributed by atoms with Crippen molar-refractivity contribution < 1.29 is 0 Å². The fraction of sp³-hybridized carbons (Fsp3) is 0.347. The van der Waals surface area contributed by atoms with Crippen LogP contribution >= 0.6 is 11.3 Å². The molecule has 0 radical (unpaired) electrons. The average Bonchev–Trinajstić information content (AvgIpc) is 3.47. The van der Waals surface area contributed by atoms with Gasteiger partial charge in [-0.2, -0.15) is 0 Å². The van der Waals surface area contributed by atoms with Gasteiger partial charge in [0.2, 0.25) is 0 Å². The van der Waals surface area contributed by atoms with Crippen LogP contribution in [0.3, 0.4) is 0 Å². The molecule has 0 fully saturated rings. The van der Waals surface area contributed by atoms with E-state index in [1.165, 1.54) is 101 Å². The number of benzene rings is 5. The molecule has 0 spiro atoms. The lowest BCUT2D eigenvalue weighted by molar-refractivity contribution is 0.332. The molecule has 2 nitrogen and oxygen atoms in total. The van der Waals surface area contributed by atoms with E-state index in [-0.39, 0.29) is 28.4 Å². The molecular weight excluding hydrogens is 659 g/mol. The molecule has 4 heteroatoms. The number of hydrogen-bond acceptors (Lipinski definition) is 3. The SMILES string of the molecule is Cc1cc2c3c(c1)N(c1ccc(C(C)(C)C)cc1)c1c(sc4cc5c(cc14)C(C)(C)CCC5(C)C)B3c1ccccc1N2c1ccc(C(C)(C)C)cc1. The first kappa shape index (κ1) is 34.5. The predicted molar refractivity (Wildman–Crippen MR) is 233 cm³/mol. The summed E-state index contributed by atoms with van der Waals surface area (Å²) >= 11 is 2.03. The zero-order valence-electron chi connectivity index (χ0n) is 33.5. The van der Waals surface area contributed by atoms with E-state index in [1.54, 1.807) is 0 Å². The average molecular weight is 713 g/mol. The van der Waals surface area contributed by atoms with Gasteiger partial charge in [-0.25, -0.2) is 0 Å². The third kappa shape index (κ3) is 5.26. The monoisotopic (exact) mass is 712 g/mol. The summed E-state index contributed by atoms with van der Waals surface area (Å²) in [5, 5.41) is 1.39. The summed E-state index contributed by atoms with van der Waals surface area (Å²) in [5.41, 5.74) is 17.9. The van der Waals surface area contributed by atoms with E-state index in [9.17, 15) is 0 Å². The van der Waals surface area contributed by atoms with Gasteiger partial charge in [0, 0.05) is 43.3 Å². The Morgan fingerprint density at radius 1 is 0.604 bits per heavy atom. The van der Waals surface area contributed by atoms with Gasteiger partial charge < -0.3 is 9.80 Å². The molecule has 6 aromatic rings. The second kappa shape index (κ2) is 11.4. The van der Waals surface area contributed by atoms with Crippen molar-refractivity contribution in [2.75, 3.05) is 9.80 Å². The molecular formula is C49H53BN2S. The summed E-state index contributed by atoms with van der Waals surface area (Å²) in [7, 11) is 0. The molecule has 0 N–H and O–H groups in total. The van der Waals surface area contributed by atoms with Crippen LogP contribution in [0.25, 0.3) is 10.1 Å². The molecule has 0 bridgehead atoms. The maximum atomic E-state index is 2.63. The molecule has 0 atom stereocenters. The minimum atomic E-state index is 0.0818. The zero-order valence-corrected chi connectivity index (χ0v) is 34.3. The highest BCUT2D eigenvalue weighted by molar-refractivity contribution is 7.33. The summed E-state index contributed by atoms with van der Waals surface area (Å²) < 4.78 is 2.85. The van der Waals surface area contributed by atoms with Crippen molar-refractivity contribution in [3.8, 4) is 0 Å². The van der Waals surface area contributed by atoms with Gasteiger partial charge in [0.25, 0.3) is 6.71 Å². The van der Waals surface area contributed by atoms with Crippen molar-refractivity contribution in [3.05, 3.63) is 125 Å². The van der Waals surface area contributed by atoms with E-state index >= 15 is 0 Å². The van der Waals surface area contributed by atoms with Gasteiger partial charge in [-0.1, -0.05) is 112 Å². The van der Waals surface area contributed by atoms with Gasteiger partial charge in [-0.05, 0) is 135 Å². The largest absolute Gasteiger partial charge is 0.311 e. The Hall–Kier alpha value is -4.28. The molecule has 5 aromatic carbocycles. The van der Waals surface area contributed by atoms with Crippen molar-refractivity contribution in [1.29, 1.82) is 0 Å². The Kier molecular flexibility index (Phi) is 7.40. The van der Waals surface area contributed by atoms with E-state index in [1.807, 2.05) is 11.3 Å². The topological polar surface area (TPSA) is 6.48 Å². The van der Waals surface area contributed by atoms with E-state index in [4.69, 9.17) is 0 Å². The summed E-state index contributed by atoms with van der Waals surface area (Å²) in [6.07, 6.45) is 2.42. The smallest absolute Gasteiger partial charge is 0.264 e. The molecule has 0 unspecified atom stereocenters.